The average Bonchev–Trinajstić information content (AvgIpc) is 2.54. The van der Waals surface area contributed by atoms with E-state index in [1.165, 1.54) is 12.1 Å². The molecule has 1 heterocycles. The van der Waals surface area contributed by atoms with Crippen LogP contribution < -0.4 is 5.32 Å². The summed E-state index contributed by atoms with van der Waals surface area (Å²) in [6, 6.07) is 6.89. The van der Waals surface area contributed by atoms with Gasteiger partial charge in [0.25, 0.3) is 0 Å². The molecule has 0 unspecified atom stereocenters. The number of alkyl halides is 3. The van der Waals surface area contributed by atoms with E-state index in [0.29, 0.717) is 27.6 Å². The van der Waals surface area contributed by atoms with Crippen LogP contribution in [-0.4, -0.2) is 22.5 Å². The minimum atomic E-state index is -4.46. The fourth-order valence-corrected chi connectivity index (χ4v) is 2.66. The smallest absolute Gasteiger partial charge is 0.417 e. The zero-order valence-corrected chi connectivity index (χ0v) is 13.3. The molecule has 130 valence electrons. The number of nitrogens with zero attached hydrogens (tertiary/aromatic N) is 1. The van der Waals surface area contributed by atoms with Gasteiger partial charge in [-0.25, -0.2) is 9.78 Å². The number of hydrogen-bond donors (Lipinski definition) is 2. The summed E-state index contributed by atoms with van der Waals surface area (Å²) in [5, 5.41) is 11.5. The number of pyridine rings is 1. The molecule has 1 aromatic heterocycles. The van der Waals surface area contributed by atoms with E-state index >= 15 is 0 Å². The molecule has 1 amide bonds. The Balaban J connectivity index is 2.31. The third-order valence-electron chi connectivity index (χ3n) is 2.92. The molecule has 0 atom stereocenters. The molecule has 0 saturated carbocycles. The van der Waals surface area contributed by atoms with E-state index in [9.17, 15) is 22.8 Å². The first-order chi connectivity index (χ1) is 11.8. The molecule has 5 nitrogen and oxygen atoms in total. The van der Waals surface area contributed by atoms with Crippen LogP contribution in [0.4, 0.5) is 18.9 Å². The number of carboxylic acids is 1. The van der Waals surface area contributed by atoms with Gasteiger partial charge in [-0.2, -0.15) is 13.2 Å². The van der Waals surface area contributed by atoms with Crippen molar-refractivity contribution in [3.63, 3.8) is 0 Å². The quantitative estimate of drug-likeness (QED) is 0.597. The Bertz CT molecular complexity index is 805. The molecule has 0 spiro atoms. The maximum absolute atomic E-state index is 12.6. The summed E-state index contributed by atoms with van der Waals surface area (Å²) in [5.74, 6) is -1.16. The zero-order valence-electron chi connectivity index (χ0n) is 12.4. The number of benzene rings is 1. The number of carbonyl (C=O) groups is 2. The molecule has 2 aromatic rings. The Hall–Kier alpha value is -2.81. The van der Waals surface area contributed by atoms with Crippen LogP contribution in [0.5, 0.6) is 0 Å². The standard InChI is InChI=1S/C16H11F3N2O3S/c17-16(18,19)11-2-5-14(20-8-11)25-13-4-3-12(21-9-22)7-10(13)1-6-15(23)24/h1-9H,(H,21,22)(H,23,24). The highest BCUT2D eigenvalue weighted by Crippen LogP contribution is 2.34. The Labute approximate surface area is 144 Å². The highest BCUT2D eigenvalue weighted by Gasteiger charge is 2.30. The largest absolute Gasteiger partial charge is 0.478 e. The van der Waals surface area contributed by atoms with Crippen LogP contribution in [0.25, 0.3) is 6.08 Å². The molecule has 0 aliphatic rings. The van der Waals surface area contributed by atoms with Gasteiger partial charge in [0.1, 0.15) is 5.03 Å². The van der Waals surface area contributed by atoms with E-state index in [0.717, 1.165) is 30.1 Å². The Morgan fingerprint density at radius 1 is 1.24 bits per heavy atom. The van der Waals surface area contributed by atoms with Crippen molar-refractivity contribution in [2.24, 2.45) is 0 Å². The monoisotopic (exact) mass is 368 g/mol. The van der Waals surface area contributed by atoms with Gasteiger partial charge in [-0.1, -0.05) is 11.8 Å². The van der Waals surface area contributed by atoms with Crippen LogP contribution >= 0.6 is 11.8 Å². The molecule has 9 heteroatoms. The van der Waals surface area contributed by atoms with Crippen LogP contribution in [0.3, 0.4) is 0 Å². The molecule has 0 saturated heterocycles. The molecule has 2 N–H and O–H groups in total. The van der Waals surface area contributed by atoms with Crippen molar-refractivity contribution in [3.8, 4) is 0 Å². The van der Waals surface area contributed by atoms with Gasteiger partial charge in [0.15, 0.2) is 0 Å². The van der Waals surface area contributed by atoms with Gasteiger partial charge >= 0.3 is 12.1 Å². The topological polar surface area (TPSA) is 79.3 Å². The molecule has 0 radical (unpaired) electrons. The van der Waals surface area contributed by atoms with Crippen molar-refractivity contribution < 1.29 is 27.9 Å². The maximum Gasteiger partial charge on any atom is 0.417 e. The lowest BCUT2D eigenvalue weighted by molar-refractivity contribution is -0.138. The Morgan fingerprint density at radius 3 is 2.56 bits per heavy atom. The zero-order chi connectivity index (χ0) is 18.4. The van der Waals surface area contributed by atoms with E-state index < -0.39 is 17.7 Å². The summed E-state index contributed by atoms with van der Waals surface area (Å²) >= 11 is 1.07. The second kappa shape index (κ2) is 7.84. The summed E-state index contributed by atoms with van der Waals surface area (Å²) in [6.45, 7) is 0. The van der Waals surface area contributed by atoms with Gasteiger partial charge in [-0.15, -0.1) is 0 Å². The van der Waals surface area contributed by atoms with Crippen LogP contribution in [0.15, 0.2) is 52.5 Å². The van der Waals surface area contributed by atoms with Gasteiger partial charge in [0.05, 0.1) is 5.56 Å². The van der Waals surface area contributed by atoms with E-state index in [2.05, 4.69) is 10.3 Å². The number of anilines is 1. The molecule has 0 bridgehead atoms. The predicted molar refractivity (Wildman–Crippen MR) is 86.2 cm³/mol. The van der Waals surface area contributed by atoms with Crippen molar-refractivity contribution in [2.75, 3.05) is 5.32 Å². The fraction of sp³-hybridized carbons (Fsp3) is 0.0625. The van der Waals surface area contributed by atoms with Crippen LogP contribution in [0.2, 0.25) is 0 Å². The highest BCUT2D eigenvalue weighted by atomic mass is 32.2. The van der Waals surface area contributed by atoms with Crippen LogP contribution in [0, 0.1) is 0 Å². The first-order valence-electron chi connectivity index (χ1n) is 6.76. The number of carbonyl (C=O) groups excluding carboxylic acids is 1. The Kier molecular flexibility index (Phi) is 5.81. The Morgan fingerprint density at radius 2 is 2.00 bits per heavy atom. The molecule has 0 aliphatic carbocycles. The lowest BCUT2D eigenvalue weighted by atomic mass is 10.2. The number of nitrogens with one attached hydrogen (secondary N) is 1. The van der Waals surface area contributed by atoms with E-state index in [4.69, 9.17) is 5.11 Å². The molecular weight excluding hydrogens is 357 g/mol. The molecule has 1 aromatic carbocycles. The van der Waals surface area contributed by atoms with Crippen molar-refractivity contribution in [1.82, 2.24) is 4.98 Å². The third kappa shape index (κ3) is 5.35. The van der Waals surface area contributed by atoms with Gasteiger partial charge in [0.2, 0.25) is 6.41 Å². The number of aromatic nitrogens is 1. The maximum atomic E-state index is 12.6. The van der Waals surface area contributed by atoms with E-state index in [1.807, 2.05) is 0 Å². The second-order valence-electron chi connectivity index (χ2n) is 4.67. The lowest BCUT2D eigenvalue weighted by Crippen LogP contribution is -2.05. The summed E-state index contributed by atoms with van der Waals surface area (Å²) in [6.07, 6.45) is -1.01. The number of hydrogen-bond acceptors (Lipinski definition) is 4. The number of carboxylic acid groups (broad SMARTS) is 1. The molecule has 0 aliphatic heterocycles. The number of aliphatic carboxylic acids is 1. The molecule has 2 rings (SSSR count). The highest BCUT2D eigenvalue weighted by molar-refractivity contribution is 7.99. The van der Waals surface area contributed by atoms with E-state index in [-0.39, 0.29) is 0 Å². The van der Waals surface area contributed by atoms with E-state index in [1.54, 1.807) is 18.2 Å². The van der Waals surface area contributed by atoms with Gasteiger partial charge in [-0.3, -0.25) is 4.79 Å². The van der Waals surface area contributed by atoms with Crippen LogP contribution in [0.1, 0.15) is 11.1 Å². The van der Waals surface area contributed by atoms with Crippen molar-refractivity contribution in [1.29, 1.82) is 0 Å². The molecule has 0 fully saturated rings. The predicted octanol–water partition coefficient (Wildman–Crippen LogP) is 3.92. The number of halogens is 3. The van der Waals surface area contributed by atoms with Gasteiger partial charge < -0.3 is 10.4 Å². The summed E-state index contributed by atoms with van der Waals surface area (Å²) in [4.78, 5) is 25.5. The minimum Gasteiger partial charge on any atom is -0.478 e. The minimum absolute atomic E-state index is 0.314. The van der Waals surface area contributed by atoms with Gasteiger partial charge in [0, 0.05) is 22.9 Å². The second-order valence-corrected chi connectivity index (χ2v) is 5.73. The van der Waals surface area contributed by atoms with Crippen molar-refractivity contribution >= 4 is 35.9 Å². The summed E-state index contributed by atoms with van der Waals surface area (Å²) in [5.41, 5.74) is 0.0686. The van der Waals surface area contributed by atoms with Crippen molar-refractivity contribution in [3.05, 3.63) is 53.7 Å². The summed E-state index contributed by atoms with van der Waals surface area (Å²) in [7, 11) is 0. The third-order valence-corrected chi connectivity index (χ3v) is 3.96. The first-order valence-corrected chi connectivity index (χ1v) is 7.57. The SMILES string of the molecule is O=CNc1ccc(Sc2ccc(C(F)(F)F)cn2)c(C=CC(=O)O)c1. The number of amides is 1. The normalized spacial score (nSPS) is 11.5. The average molecular weight is 368 g/mol. The van der Waals surface area contributed by atoms with Crippen molar-refractivity contribution in [2.45, 2.75) is 16.1 Å². The fourth-order valence-electron chi connectivity index (χ4n) is 1.81. The van der Waals surface area contributed by atoms with Crippen LogP contribution in [-0.2, 0) is 15.8 Å². The van der Waals surface area contributed by atoms with Gasteiger partial charge in [-0.05, 0) is 42.0 Å². The lowest BCUT2D eigenvalue weighted by Gasteiger charge is -2.09. The summed E-state index contributed by atoms with van der Waals surface area (Å²) < 4.78 is 37.7. The molecular formula is C16H11F3N2O3S. The first kappa shape index (κ1) is 18.5. The molecule has 25 heavy (non-hydrogen) atoms. The number of rotatable bonds is 6.